The first-order chi connectivity index (χ1) is 13.9. The third-order valence-electron chi connectivity index (χ3n) is 4.02. The van der Waals surface area contributed by atoms with Crippen molar-refractivity contribution in [2.24, 2.45) is 0 Å². The summed E-state index contributed by atoms with van der Waals surface area (Å²) in [5.41, 5.74) is 3.01. The van der Waals surface area contributed by atoms with E-state index in [0.29, 0.717) is 11.4 Å². The second kappa shape index (κ2) is 9.02. The minimum absolute atomic E-state index is 0.0864. The molecule has 2 aromatic carbocycles. The van der Waals surface area contributed by atoms with E-state index in [2.05, 4.69) is 20.0 Å². The van der Waals surface area contributed by atoms with Gasteiger partial charge in [-0.2, -0.15) is 0 Å². The molecular weight excluding hydrogens is 388 g/mol. The van der Waals surface area contributed by atoms with Crippen molar-refractivity contribution in [1.29, 1.82) is 0 Å². The van der Waals surface area contributed by atoms with Crippen LogP contribution in [0, 0.1) is 0 Å². The number of benzene rings is 2. The number of anilines is 2. The largest absolute Gasteiger partial charge is 0.496 e. The van der Waals surface area contributed by atoms with Gasteiger partial charge in [0.25, 0.3) is 0 Å². The van der Waals surface area contributed by atoms with Crippen LogP contribution in [0.5, 0.6) is 5.75 Å². The fraction of sp³-hybridized carbons (Fsp3) is 0.238. The van der Waals surface area contributed by atoms with E-state index in [9.17, 15) is 8.42 Å². The molecule has 0 spiro atoms. The summed E-state index contributed by atoms with van der Waals surface area (Å²) in [5.74, 6) is 1.24. The molecule has 3 rings (SSSR count). The summed E-state index contributed by atoms with van der Waals surface area (Å²) in [7, 11) is -1.77. The van der Waals surface area contributed by atoms with E-state index in [1.165, 1.54) is 6.33 Å². The van der Waals surface area contributed by atoms with Gasteiger partial charge in [0.05, 0.1) is 18.6 Å². The lowest BCUT2D eigenvalue weighted by Gasteiger charge is -2.12. The summed E-state index contributed by atoms with van der Waals surface area (Å²) in [6.07, 6.45) is 1.48. The van der Waals surface area contributed by atoms with Crippen LogP contribution in [-0.4, -0.2) is 31.5 Å². The predicted octanol–water partition coefficient (Wildman–Crippen LogP) is 3.72. The van der Waals surface area contributed by atoms with Crippen LogP contribution in [0.2, 0.25) is 0 Å². The quantitative estimate of drug-likeness (QED) is 0.586. The summed E-state index contributed by atoms with van der Waals surface area (Å²) in [4.78, 5) is 8.60. The van der Waals surface area contributed by atoms with Crippen molar-refractivity contribution >= 4 is 21.5 Å². The molecule has 0 saturated heterocycles. The van der Waals surface area contributed by atoms with Gasteiger partial charge in [0.15, 0.2) is 0 Å². The van der Waals surface area contributed by atoms with E-state index in [-0.39, 0.29) is 11.8 Å². The van der Waals surface area contributed by atoms with Gasteiger partial charge in [0.1, 0.15) is 17.9 Å². The van der Waals surface area contributed by atoms with Gasteiger partial charge in [0, 0.05) is 23.4 Å². The molecule has 0 radical (unpaired) electrons. The number of para-hydroxylation sites is 1. The lowest BCUT2D eigenvalue weighted by atomic mass is 10.1. The molecule has 7 nitrogen and oxygen atoms in total. The molecule has 0 aliphatic rings. The minimum atomic E-state index is -3.39. The Hall–Kier alpha value is -2.97. The Bertz CT molecular complexity index is 1080. The van der Waals surface area contributed by atoms with Crippen molar-refractivity contribution in [1.82, 2.24) is 14.7 Å². The van der Waals surface area contributed by atoms with Gasteiger partial charge in [-0.05, 0) is 43.7 Å². The van der Waals surface area contributed by atoms with E-state index >= 15 is 0 Å². The van der Waals surface area contributed by atoms with Crippen LogP contribution < -0.4 is 14.8 Å². The third-order valence-corrected chi connectivity index (χ3v) is 5.57. The van der Waals surface area contributed by atoms with Gasteiger partial charge in [-0.3, -0.25) is 0 Å². The van der Waals surface area contributed by atoms with Gasteiger partial charge in [-0.1, -0.05) is 24.3 Å². The fourth-order valence-electron chi connectivity index (χ4n) is 2.94. The molecule has 1 aromatic heterocycles. The van der Waals surface area contributed by atoms with Crippen LogP contribution >= 0.6 is 0 Å². The summed E-state index contributed by atoms with van der Waals surface area (Å²) >= 11 is 0. The van der Waals surface area contributed by atoms with Crippen LogP contribution in [0.15, 0.2) is 60.9 Å². The first-order valence-electron chi connectivity index (χ1n) is 9.18. The number of rotatable bonds is 8. The minimum Gasteiger partial charge on any atom is -0.496 e. The Morgan fingerprint density at radius 3 is 2.59 bits per heavy atom. The van der Waals surface area contributed by atoms with Crippen LogP contribution in [0.1, 0.15) is 19.4 Å². The van der Waals surface area contributed by atoms with Crippen molar-refractivity contribution in [2.75, 3.05) is 12.4 Å². The molecule has 0 unspecified atom stereocenters. The lowest BCUT2D eigenvalue weighted by molar-refractivity contribution is 0.416. The first kappa shape index (κ1) is 20.8. The average Bonchev–Trinajstić information content (AvgIpc) is 2.67. The molecule has 0 atom stereocenters. The molecule has 0 fully saturated rings. The summed E-state index contributed by atoms with van der Waals surface area (Å²) < 4.78 is 32.4. The molecule has 1 heterocycles. The van der Waals surface area contributed by atoms with Crippen LogP contribution in [0.3, 0.4) is 0 Å². The number of sulfonamides is 1. The number of hydrogen-bond donors (Lipinski definition) is 2. The van der Waals surface area contributed by atoms with Gasteiger partial charge in [-0.25, -0.2) is 23.1 Å². The Morgan fingerprint density at radius 1 is 1.03 bits per heavy atom. The molecule has 29 heavy (non-hydrogen) atoms. The Labute approximate surface area is 171 Å². The third kappa shape index (κ3) is 5.75. The summed E-state index contributed by atoms with van der Waals surface area (Å²) in [6.45, 7) is 3.59. The highest BCUT2D eigenvalue weighted by Gasteiger charge is 2.13. The maximum atomic E-state index is 12.2. The van der Waals surface area contributed by atoms with Crippen molar-refractivity contribution in [3.05, 3.63) is 66.5 Å². The van der Waals surface area contributed by atoms with E-state index in [1.807, 2.05) is 42.5 Å². The van der Waals surface area contributed by atoms with Crippen molar-refractivity contribution in [3.8, 4) is 17.0 Å². The second-order valence-corrected chi connectivity index (χ2v) is 8.60. The average molecular weight is 413 g/mol. The van der Waals surface area contributed by atoms with Gasteiger partial charge < -0.3 is 10.1 Å². The van der Waals surface area contributed by atoms with E-state index in [1.54, 1.807) is 33.1 Å². The molecule has 8 heteroatoms. The number of aromatic nitrogens is 2. The number of ether oxygens (including phenoxy) is 1. The number of hydrogen-bond acceptors (Lipinski definition) is 6. The zero-order valence-corrected chi connectivity index (χ0v) is 17.4. The Kier molecular flexibility index (Phi) is 6.46. The fourth-order valence-corrected chi connectivity index (χ4v) is 4.36. The maximum absolute atomic E-state index is 12.2. The maximum Gasteiger partial charge on any atom is 0.216 e. The number of nitrogens with zero attached hydrogens (tertiary/aromatic N) is 2. The van der Waals surface area contributed by atoms with Crippen LogP contribution in [0.25, 0.3) is 11.3 Å². The highest BCUT2D eigenvalue weighted by molar-refractivity contribution is 7.88. The Balaban J connectivity index is 1.81. The van der Waals surface area contributed by atoms with Crippen molar-refractivity contribution in [2.45, 2.75) is 25.6 Å². The number of nitrogens with one attached hydrogen (secondary N) is 2. The molecule has 0 aliphatic carbocycles. The smallest absolute Gasteiger partial charge is 0.216 e. The van der Waals surface area contributed by atoms with Crippen LogP contribution in [0.4, 0.5) is 11.5 Å². The van der Waals surface area contributed by atoms with E-state index in [0.717, 1.165) is 22.7 Å². The zero-order chi connectivity index (χ0) is 20.9. The summed E-state index contributed by atoms with van der Waals surface area (Å²) in [5, 5.41) is 3.21. The van der Waals surface area contributed by atoms with E-state index in [4.69, 9.17) is 4.74 Å². The lowest BCUT2D eigenvalue weighted by Crippen LogP contribution is -2.31. The SMILES string of the molecule is COc1ccccc1-c1cc(Nc2cccc(CS(=O)(=O)NC(C)C)c2)ncn1. The standard InChI is InChI=1S/C21H24N4O3S/c1-15(2)25-29(26,27)13-16-7-6-8-17(11-16)24-21-12-19(22-14-23-21)18-9-4-5-10-20(18)28-3/h4-12,14-15,25H,13H2,1-3H3,(H,22,23,24). The molecule has 3 aromatic rings. The highest BCUT2D eigenvalue weighted by Crippen LogP contribution is 2.29. The first-order valence-corrected chi connectivity index (χ1v) is 10.8. The molecular formula is C21H24N4O3S. The summed E-state index contributed by atoms with van der Waals surface area (Å²) in [6, 6.07) is 16.5. The molecule has 0 bridgehead atoms. The van der Waals surface area contributed by atoms with Crippen LogP contribution in [-0.2, 0) is 15.8 Å². The molecule has 0 saturated carbocycles. The molecule has 2 N–H and O–H groups in total. The van der Waals surface area contributed by atoms with Gasteiger partial charge in [-0.15, -0.1) is 0 Å². The zero-order valence-electron chi connectivity index (χ0n) is 16.6. The second-order valence-electron chi connectivity index (χ2n) is 6.85. The van der Waals surface area contributed by atoms with Gasteiger partial charge in [0.2, 0.25) is 10.0 Å². The topological polar surface area (TPSA) is 93.2 Å². The van der Waals surface area contributed by atoms with Crippen molar-refractivity contribution in [3.63, 3.8) is 0 Å². The molecule has 0 amide bonds. The van der Waals surface area contributed by atoms with E-state index < -0.39 is 10.0 Å². The monoisotopic (exact) mass is 412 g/mol. The molecule has 152 valence electrons. The molecule has 0 aliphatic heterocycles. The highest BCUT2D eigenvalue weighted by atomic mass is 32.2. The number of methoxy groups -OCH3 is 1. The normalized spacial score (nSPS) is 11.4. The Morgan fingerprint density at radius 2 is 1.83 bits per heavy atom. The van der Waals surface area contributed by atoms with Crippen molar-refractivity contribution < 1.29 is 13.2 Å². The predicted molar refractivity (Wildman–Crippen MR) is 115 cm³/mol. The van der Waals surface area contributed by atoms with Gasteiger partial charge >= 0.3 is 0 Å².